The molecule has 1 aromatic carbocycles. The summed E-state index contributed by atoms with van der Waals surface area (Å²) < 4.78 is 16.3. The summed E-state index contributed by atoms with van der Waals surface area (Å²) in [6.07, 6.45) is 2.07. The van der Waals surface area contributed by atoms with E-state index in [1.165, 1.54) is 0 Å². The average molecular weight is 459 g/mol. The number of fused-ring (bicyclic) bond motifs is 1. The Labute approximate surface area is 192 Å². The molecule has 33 heavy (non-hydrogen) atoms. The van der Waals surface area contributed by atoms with Crippen LogP contribution in [0.2, 0.25) is 0 Å². The predicted molar refractivity (Wildman–Crippen MR) is 117 cm³/mol. The molecule has 2 saturated heterocycles. The lowest BCUT2D eigenvalue weighted by Gasteiger charge is -2.40. The Bertz CT molecular complexity index is 929. The van der Waals surface area contributed by atoms with Crippen LogP contribution in [0.4, 0.5) is 5.69 Å². The van der Waals surface area contributed by atoms with Crippen molar-refractivity contribution in [1.82, 2.24) is 10.2 Å². The van der Waals surface area contributed by atoms with E-state index in [4.69, 9.17) is 14.2 Å². The standard InChI is InChI=1S/C23H29N3O7/c1-31-8-2-9-32-10-3-11-33-16-13-25(14-16)15-4-5-17-18(12-15)23(30)26(22(17)29)19-6-7-20(27)24-21(19)28/h4-5,12,16,19H,2-3,6-11,13-14H2,1H3,(H,24,27,28). The minimum Gasteiger partial charge on any atom is -0.385 e. The molecular formula is C23H29N3O7. The van der Waals surface area contributed by atoms with E-state index in [0.29, 0.717) is 39.5 Å². The van der Waals surface area contributed by atoms with E-state index in [9.17, 15) is 19.2 Å². The Morgan fingerprint density at radius 3 is 2.42 bits per heavy atom. The van der Waals surface area contributed by atoms with Crippen LogP contribution in [-0.4, -0.2) is 87.3 Å². The van der Waals surface area contributed by atoms with Gasteiger partial charge in [0.15, 0.2) is 0 Å². The maximum absolute atomic E-state index is 12.9. The van der Waals surface area contributed by atoms with Gasteiger partial charge in [-0.1, -0.05) is 0 Å². The van der Waals surface area contributed by atoms with Gasteiger partial charge in [-0.25, -0.2) is 0 Å². The first-order valence-electron chi connectivity index (χ1n) is 11.3. The molecule has 1 aromatic rings. The molecule has 1 atom stereocenters. The molecule has 3 aliphatic heterocycles. The quantitative estimate of drug-likeness (QED) is 0.381. The molecule has 4 rings (SSSR count). The van der Waals surface area contributed by atoms with Crippen molar-refractivity contribution in [2.45, 2.75) is 37.8 Å². The third-order valence-corrected chi connectivity index (χ3v) is 6.06. The highest BCUT2D eigenvalue weighted by Gasteiger charge is 2.45. The lowest BCUT2D eigenvalue weighted by atomic mass is 10.0. The second-order valence-corrected chi connectivity index (χ2v) is 8.39. The molecule has 0 aromatic heterocycles. The van der Waals surface area contributed by atoms with Crippen LogP contribution in [0, 0.1) is 0 Å². The fraction of sp³-hybridized carbons (Fsp3) is 0.565. The number of rotatable bonds is 11. The van der Waals surface area contributed by atoms with Crippen molar-refractivity contribution in [3.05, 3.63) is 29.3 Å². The van der Waals surface area contributed by atoms with Gasteiger partial charge in [0, 0.05) is 58.7 Å². The average Bonchev–Trinajstić information content (AvgIpc) is 3.01. The van der Waals surface area contributed by atoms with Crippen LogP contribution < -0.4 is 10.2 Å². The van der Waals surface area contributed by atoms with Crippen molar-refractivity contribution in [2.75, 3.05) is 51.5 Å². The fourth-order valence-corrected chi connectivity index (χ4v) is 4.23. The molecule has 3 aliphatic rings. The summed E-state index contributed by atoms with van der Waals surface area (Å²) in [4.78, 5) is 52.4. The Kier molecular flexibility index (Phi) is 7.36. The molecule has 0 bridgehead atoms. The minimum atomic E-state index is -0.954. The zero-order valence-electron chi connectivity index (χ0n) is 18.7. The molecule has 4 amide bonds. The van der Waals surface area contributed by atoms with Gasteiger partial charge in [0.05, 0.1) is 17.2 Å². The van der Waals surface area contributed by atoms with Gasteiger partial charge in [-0.2, -0.15) is 0 Å². The number of benzene rings is 1. The molecule has 3 heterocycles. The third kappa shape index (κ3) is 5.07. The third-order valence-electron chi connectivity index (χ3n) is 6.06. The molecule has 0 spiro atoms. The molecule has 178 valence electrons. The van der Waals surface area contributed by atoms with Gasteiger partial charge in [0.25, 0.3) is 11.8 Å². The molecule has 0 radical (unpaired) electrons. The number of piperidine rings is 1. The zero-order chi connectivity index (χ0) is 23.4. The molecule has 0 aliphatic carbocycles. The molecule has 1 N–H and O–H groups in total. The van der Waals surface area contributed by atoms with E-state index < -0.39 is 23.8 Å². The van der Waals surface area contributed by atoms with Gasteiger partial charge in [-0.3, -0.25) is 29.4 Å². The van der Waals surface area contributed by atoms with Crippen molar-refractivity contribution in [3.63, 3.8) is 0 Å². The molecule has 1 unspecified atom stereocenters. The number of amides is 4. The van der Waals surface area contributed by atoms with E-state index >= 15 is 0 Å². The van der Waals surface area contributed by atoms with E-state index in [1.807, 2.05) is 6.07 Å². The summed E-state index contributed by atoms with van der Waals surface area (Å²) in [7, 11) is 1.67. The summed E-state index contributed by atoms with van der Waals surface area (Å²) in [6.45, 7) is 4.07. The first-order chi connectivity index (χ1) is 16.0. The Morgan fingerprint density at radius 2 is 1.70 bits per heavy atom. The molecule has 10 heteroatoms. The number of nitrogens with zero attached hydrogens (tertiary/aromatic N) is 2. The highest BCUT2D eigenvalue weighted by Crippen LogP contribution is 2.32. The van der Waals surface area contributed by atoms with Crippen LogP contribution in [0.5, 0.6) is 0 Å². The number of hydrogen-bond acceptors (Lipinski definition) is 8. The maximum atomic E-state index is 12.9. The van der Waals surface area contributed by atoms with Crippen molar-refractivity contribution < 1.29 is 33.4 Å². The molecule has 10 nitrogen and oxygen atoms in total. The molecular weight excluding hydrogens is 430 g/mol. The Hall–Kier alpha value is -2.82. The van der Waals surface area contributed by atoms with Crippen molar-refractivity contribution in [2.24, 2.45) is 0 Å². The molecule has 0 saturated carbocycles. The zero-order valence-corrected chi connectivity index (χ0v) is 18.7. The molecule has 2 fully saturated rings. The number of anilines is 1. The summed E-state index contributed by atoms with van der Waals surface area (Å²) in [5.41, 5.74) is 1.41. The van der Waals surface area contributed by atoms with Gasteiger partial charge in [-0.15, -0.1) is 0 Å². The summed E-state index contributed by atoms with van der Waals surface area (Å²) in [5.74, 6) is -1.99. The lowest BCUT2D eigenvalue weighted by molar-refractivity contribution is -0.136. The summed E-state index contributed by atoms with van der Waals surface area (Å²) in [6, 6.07) is 4.18. The van der Waals surface area contributed by atoms with Gasteiger partial charge in [0.1, 0.15) is 6.04 Å². The number of ether oxygens (including phenoxy) is 3. The Morgan fingerprint density at radius 1 is 0.970 bits per heavy atom. The van der Waals surface area contributed by atoms with Crippen molar-refractivity contribution in [3.8, 4) is 0 Å². The normalized spacial score (nSPS) is 20.8. The van der Waals surface area contributed by atoms with E-state index in [-0.39, 0.29) is 36.0 Å². The van der Waals surface area contributed by atoms with Crippen molar-refractivity contribution >= 4 is 29.3 Å². The SMILES string of the molecule is COCCCOCCCOC1CN(c2ccc3c(c2)C(=O)N(C2CCC(=O)NC2=O)C3=O)C1. The van der Waals surface area contributed by atoms with Crippen molar-refractivity contribution in [1.29, 1.82) is 0 Å². The van der Waals surface area contributed by atoms with Crippen LogP contribution in [-0.2, 0) is 23.8 Å². The smallest absolute Gasteiger partial charge is 0.262 e. The fourth-order valence-electron chi connectivity index (χ4n) is 4.23. The van der Waals surface area contributed by atoms with Gasteiger partial charge in [0.2, 0.25) is 11.8 Å². The Balaban J connectivity index is 1.26. The van der Waals surface area contributed by atoms with Gasteiger partial charge < -0.3 is 19.1 Å². The van der Waals surface area contributed by atoms with E-state index in [0.717, 1.165) is 23.4 Å². The van der Waals surface area contributed by atoms with Crippen LogP contribution in [0.1, 0.15) is 46.4 Å². The van der Waals surface area contributed by atoms with Gasteiger partial charge in [-0.05, 0) is 37.5 Å². The minimum absolute atomic E-state index is 0.101. The number of hydrogen-bond donors (Lipinski definition) is 1. The van der Waals surface area contributed by atoms with Crippen LogP contribution >= 0.6 is 0 Å². The number of methoxy groups -OCH3 is 1. The topological polar surface area (TPSA) is 114 Å². The lowest BCUT2D eigenvalue weighted by Crippen LogP contribution is -2.54. The number of imide groups is 2. The summed E-state index contributed by atoms with van der Waals surface area (Å²) >= 11 is 0. The second-order valence-electron chi connectivity index (χ2n) is 8.39. The maximum Gasteiger partial charge on any atom is 0.262 e. The number of carbonyl (C=O) groups is 4. The first kappa shape index (κ1) is 23.3. The van der Waals surface area contributed by atoms with E-state index in [1.54, 1.807) is 19.2 Å². The monoisotopic (exact) mass is 459 g/mol. The predicted octanol–water partition coefficient (Wildman–Crippen LogP) is 0.736. The number of carbonyl (C=O) groups excluding carboxylic acids is 4. The highest BCUT2D eigenvalue weighted by atomic mass is 16.5. The highest BCUT2D eigenvalue weighted by molar-refractivity contribution is 6.23. The largest absolute Gasteiger partial charge is 0.385 e. The van der Waals surface area contributed by atoms with Crippen LogP contribution in [0.3, 0.4) is 0 Å². The first-order valence-corrected chi connectivity index (χ1v) is 11.3. The van der Waals surface area contributed by atoms with Crippen LogP contribution in [0.25, 0.3) is 0 Å². The van der Waals surface area contributed by atoms with E-state index in [2.05, 4.69) is 10.2 Å². The summed E-state index contributed by atoms with van der Waals surface area (Å²) in [5, 5.41) is 2.20. The van der Waals surface area contributed by atoms with Crippen LogP contribution in [0.15, 0.2) is 18.2 Å². The van der Waals surface area contributed by atoms with Gasteiger partial charge >= 0.3 is 0 Å². The second kappa shape index (κ2) is 10.4. The number of nitrogens with one attached hydrogen (secondary N) is 1.